The minimum atomic E-state index is -0.240. The monoisotopic (exact) mass is 264 g/mol. The van der Waals surface area contributed by atoms with E-state index in [-0.39, 0.29) is 17.7 Å². The Morgan fingerprint density at radius 3 is 2.94 bits per heavy atom. The minimum Gasteiger partial charge on any atom is -0.324 e. The van der Waals surface area contributed by atoms with Crippen LogP contribution in [0.25, 0.3) is 5.69 Å². The van der Waals surface area contributed by atoms with Crippen molar-refractivity contribution in [2.75, 3.05) is 11.2 Å². The highest BCUT2D eigenvalue weighted by atomic mass is 35.5. The molecule has 5 nitrogen and oxygen atoms in total. The molecule has 0 spiro atoms. The van der Waals surface area contributed by atoms with Gasteiger partial charge < -0.3 is 5.32 Å². The van der Waals surface area contributed by atoms with Gasteiger partial charge in [0.05, 0.1) is 23.8 Å². The molecule has 0 aliphatic rings. The average Bonchev–Trinajstić information content (AvgIpc) is 2.92. The summed E-state index contributed by atoms with van der Waals surface area (Å²) in [6.07, 6.45) is 3.30. The fraction of sp³-hybridized carbons (Fsp3) is 0.250. The summed E-state index contributed by atoms with van der Waals surface area (Å²) in [6.45, 7) is 1.78. The molecule has 0 radical (unpaired) electrons. The van der Waals surface area contributed by atoms with E-state index in [1.807, 2.05) is 24.3 Å². The van der Waals surface area contributed by atoms with Crippen LogP contribution in [0, 0.1) is 5.92 Å². The van der Waals surface area contributed by atoms with Crippen molar-refractivity contribution in [1.29, 1.82) is 0 Å². The van der Waals surface area contributed by atoms with Gasteiger partial charge >= 0.3 is 0 Å². The van der Waals surface area contributed by atoms with Crippen LogP contribution >= 0.6 is 11.6 Å². The Kier molecular flexibility index (Phi) is 3.94. The van der Waals surface area contributed by atoms with Gasteiger partial charge in [0.2, 0.25) is 5.91 Å². The van der Waals surface area contributed by atoms with Gasteiger partial charge in [-0.3, -0.25) is 4.79 Å². The standard InChI is InChI=1S/C12H13ClN4O/c1-9(8-13)12(18)15-10-4-2-3-5-11(10)17-7-6-14-16-17/h2-7,9H,8H2,1H3,(H,15,18). The summed E-state index contributed by atoms with van der Waals surface area (Å²) >= 11 is 5.66. The summed E-state index contributed by atoms with van der Waals surface area (Å²) in [5.74, 6) is -0.0647. The molecule has 1 N–H and O–H groups in total. The maximum Gasteiger partial charge on any atom is 0.228 e. The second kappa shape index (κ2) is 5.64. The predicted octanol–water partition coefficient (Wildman–Crippen LogP) is 2.08. The lowest BCUT2D eigenvalue weighted by atomic mass is 10.2. The first-order valence-electron chi connectivity index (χ1n) is 5.55. The van der Waals surface area contributed by atoms with Gasteiger partial charge in [0, 0.05) is 11.8 Å². The molecule has 94 valence electrons. The molecule has 1 unspecified atom stereocenters. The number of halogens is 1. The number of benzene rings is 1. The largest absolute Gasteiger partial charge is 0.324 e. The molecule has 0 saturated carbocycles. The third-order valence-corrected chi connectivity index (χ3v) is 2.97. The van der Waals surface area contributed by atoms with Crippen LogP contribution in [0.5, 0.6) is 0 Å². The third kappa shape index (κ3) is 2.68. The van der Waals surface area contributed by atoms with Crippen molar-refractivity contribution >= 4 is 23.2 Å². The molecule has 18 heavy (non-hydrogen) atoms. The highest BCUT2D eigenvalue weighted by Gasteiger charge is 2.13. The lowest BCUT2D eigenvalue weighted by Crippen LogP contribution is -2.22. The van der Waals surface area contributed by atoms with Crippen molar-refractivity contribution in [1.82, 2.24) is 15.0 Å². The van der Waals surface area contributed by atoms with E-state index in [1.165, 1.54) is 0 Å². The Bertz CT molecular complexity index is 527. The normalized spacial score (nSPS) is 12.1. The highest BCUT2D eigenvalue weighted by Crippen LogP contribution is 2.19. The Morgan fingerprint density at radius 2 is 2.28 bits per heavy atom. The van der Waals surface area contributed by atoms with Crippen molar-refractivity contribution in [2.45, 2.75) is 6.92 Å². The van der Waals surface area contributed by atoms with Crippen molar-refractivity contribution in [3.63, 3.8) is 0 Å². The number of para-hydroxylation sites is 2. The number of aromatic nitrogens is 3. The maximum atomic E-state index is 11.8. The van der Waals surface area contributed by atoms with Crippen LogP contribution in [0.15, 0.2) is 36.7 Å². The smallest absolute Gasteiger partial charge is 0.228 e. The quantitative estimate of drug-likeness (QED) is 0.860. The highest BCUT2D eigenvalue weighted by molar-refractivity contribution is 6.19. The summed E-state index contributed by atoms with van der Waals surface area (Å²) in [5.41, 5.74) is 1.45. The number of anilines is 1. The third-order valence-electron chi connectivity index (χ3n) is 2.51. The molecule has 2 aromatic rings. The fourth-order valence-corrected chi connectivity index (χ4v) is 1.58. The van der Waals surface area contributed by atoms with E-state index in [0.29, 0.717) is 5.69 Å². The van der Waals surface area contributed by atoms with E-state index in [9.17, 15) is 4.79 Å². The number of rotatable bonds is 4. The number of hydrogen-bond donors (Lipinski definition) is 1. The molecule has 1 heterocycles. The van der Waals surface area contributed by atoms with Gasteiger partial charge in [-0.05, 0) is 12.1 Å². The van der Waals surface area contributed by atoms with Crippen LogP contribution in [0.2, 0.25) is 0 Å². The van der Waals surface area contributed by atoms with Crippen LogP contribution in [0.3, 0.4) is 0 Å². The molecule has 2 rings (SSSR count). The van der Waals surface area contributed by atoms with Crippen molar-refractivity contribution in [3.05, 3.63) is 36.7 Å². The van der Waals surface area contributed by atoms with Crippen LogP contribution in [-0.4, -0.2) is 26.8 Å². The van der Waals surface area contributed by atoms with E-state index < -0.39 is 0 Å². The molecule has 1 aromatic carbocycles. The first-order chi connectivity index (χ1) is 8.72. The first-order valence-corrected chi connectivity index (χ1v) is 6.08. The van der Waals surface area contributed by atoms with E-state index in [4.69, 9.17) is 11.6 Å². The van der Waals surface area contributed by atoms with Crippen molar-refractivity contribution in [3.8, 4) is 5.69 Å². The lowest BCUT2D eigenvalue weighted by Gasteiger charge is -2.12. The molecule has 0 bridgehead atoms. The Labute approximate surface area is 110 Å². The van der Waals surface area contributed by atoms with Crippen LogP contribution in [0.4, 0.5) is 5.69 Å². The SMILES string of the molecule is CC(CCl)C(=O)Nc1ccccc1-n1ccnn1. The number of nitrogens with one attached hydrogen (secondary N) is 1. The van der Waals surface area contributed by atoms with Gasteiger partial charge in [0.1, 0.15) is 0 Å². The Balaban J connectivity index is 2.26. The zero-order valence-corrected chi connectivity index (χ0v) is 10.6. The zero-order valence-electron chi connectivity index (χ0n) is 9.88. The molecule has 0 saturated heterocycles. The summed E-state index contributed by atoms with van der Waals surface area (Å²) in [6, 6.07) is 7.39. The summed E-state index contributed by atoms with van der Waals surface area (Å²) in [5, 5.41) is 10.5. The first kappa shape index (κ1) is 12.6. The van der Waals surface area contributed by atoms with Gasteiger partial charge in [-0.25, -0.2) is 4.68 Å². The molecule has 0 aliphatic heterocycles. The number of nitrogens with zero attached hydrogens (tertiary/aromatic N) is 3. The Hall–Kier alpha value is -1.88. The second-order valence-electron chi connectivity index (χ2n) is 3.91. The van der Waals surface area contributed by atoms with Crippen molar-refractivity contribution in [2.24, 2.45) is 5.92 Å². The minimum absolute atomic E-state index is 0.113. The number of alkyl halides is 1. The molecule has 1 amide bonds. The van der Waals surface area contributed by atoms with Crippen LogP contribution in [0.1, 0.15) is 6.92 Å². The van der Waals surface area contributed by atoms with Gasteiger partial charge in [-0.15, -0.1) is 16.7 Å². The Morgan fingerprint density at radius 1 is 1.50 bits per heavy atom. The number of carbonyl (C=O) groups excluding carboxylic acids is 1. The zero-order chi connectivity index (χ0) is 13.0. The van der Waals surface area contributed by atoms with E-state index in [1.54, 1.807) is 24.0 Å². The molecule has 0 aliphatic carbocycles. The summed E-state index contributed by atoms with van der Waals surface area (Å²) in [7, 11) is 0. The van der Waals surface area contributed by atoms with Gasteiger partial charge in [0.15, 0.2) is 0 Å². The molecule has 0 fully saturated rings. The molecule has 1 aromatic heterocycles. The van der Waals surface area contributed by atoms with Gasteiger partial charge in [-0.1, -0.05) is 24.3 Å². The van der Waals surface area contributed by atoms with Crippen molar-refractivity contribution < 1.29 is 4.79 Å². The van der Waals surface area contributed by atoms with E-state index in [2.05, 4.69) is 15.6 Å². The fourth-order valence-electron chi connectivity index (χ4n) is 1.44. The average molecular weight is 265 g/mol. The molecule has 1 atom stereocenters. The van der Waals surface area contributed by atoms with Gasteiger partial charge in [0.25, 0.3) is 0 Å². The summed E-state index contributed by atoms with van der Waals surface area (Å²) in [4.78, 5) is 11.8. The topological polar surface area (TPSA) is 59.8 Å². The molecular weight excluding hydrogens is 252 g/mol. The number of amides is 1. The van der Waals surface area contributed by atoms with Crippen LogP contribution in [-0.2, 0) is 4.79 Å². The number of hydrogen-bond acceptors (Lipinski definition) is 3. The van der Waals surface area contributed by atoms with E-state index >= 15 is 0 Å². The maximum absolute atomic E-state index is 11.8. The molecule has 6 heteroatoms. The predicted molar refractivity (Wildman–Crippen MR) is 69.9 cm³/mol. The summed E-state index contributed by atoms with van der Waals surface area (Å²) < 4.78 is 1.60. The van der Waals surface area contributed by atoms with Gasteiger partial charge in [-0.2, -0.15) is 0 Å². The lowest BCUT2D eigenvalue weighted by molar-refractivity contribution is -0.118. The van der Waals surface area contributed by atoms with Crippen LogP contribution < -0.4 is 5.32 Å². The number of carbonyl (C=O) groups is 1. The second-order valence-corrected chi connectivity index (χ2v) is 4.22. The van der Waals surface area contributed by atoms with E-state index in [0.717, 1.165) is 5.69 Å². The molecular formula is C12H13ClN4O.